The molecule has 0 atom stereocenters. The SMILES string of the molecule is COC(=O)c1cc(C(=O)OC)cc(-c2cnco2)c1. The molecule has 6 heteroatoms. The predicted molar refractivity (Wildman–Crippen MR) is 64.6 cm³/mol. The predicted octanol–water partition coefficient (Wildman–Crippen LogP) is 1.91. The van der Waals surface area contributed by atoms with Crippen LogP contribution in [0.15, 0.2) is 35.2 Å². The van der Waals surface area contributed by atoms with Crippen molar-refractivity contribution >= 4 is 11.9 Å². The zero-order valence-corrected chi connectivity index (χ0v) is 10.4. The number of hydrogen-bond acceptors (Lipinski definition) is 6. The third-order valence-corrected chi connectivity index (χ3v) is 2.49. The molecule has 0 N–H and O–H groups in total. The molecule has 19 heavy (non-hydrogen) atoms. The van der Waals surface area contributed by atoms with Crippen LogP contribution in [-0.4, -0.2) is 31.1 Å². The Morgan fingerprint density at radius 1 is 1.05 bits per heavy atom. The summed E-state index contributed by atoms with van der Waals surface area (Å²) in [7, 11) is 2.53. The van der Waals surface area contributed by atoms with Gasteiger partial charge in [0.1, 0.15) is 0 Å². The number of benzene rings is 1. The first-order chi connectivity index (χ1) is 9.15. The van der Waals surface area contributed by atoms with Crippen LogP contribution >= 0.6 is 0 Å². The Kier molecular flexibility index (Phi) is 3.61. The molecule has 6 nitrogen and oxygen atoms in total. The van der Waals surface area contributed by atoms with Crippen molar-refractivity contribution in [1.29, 1.82) is 0 Å². The Bertz CT molecular complexity index is 569. The second kappa shape index (κ2) is 5.34. The minimum Gasteiger partial charge on any atom is -0.465 e. The van der Waals surface area contributed by atoms with Crippen LogP contribution in [0.25, 0.3) is 11.3 Å². The van der Waals surface area contributed by atoms with Crippen molar-refractivity contribution in [3.05, 3.63) is 41.9 Å². The van der Waals surface area contributed by atoms with E-state index in [1.165, 1.54) is 32.9 Å². The van der Waals surface area contributed by atoms with Gasteiger partial charge < -0.3 is 13.9 Å². The van der Waals surface area contributed by atoms with Gasteiger partial charge in [0.25, 0.3) is 0 Å². The molecule has 0 saturated carbocycles. The van der Waals surface area contributed by atoms with E-state index in [4.69, 9.17) is 4.42 Å². The van der Waals surface area contributed by atoms with E-state index in [0.717, 1.165) is 0 Å². The van der Waals surface area contributed by atoms with Gasteiger partial charge in [0.05, 0.1) is 31.5 Å². The summed E-state index contributed by atoms with van der Waals surface area (Å²) in [6.07, 6.45) is 2.75. The highest BCUT2D eigenvalue weighted by Gasteiger charge is 2.15. The van der Waals surface area contributed by atoms with Crippen LogP contribution in [0.5, 0.6) is 0 Å². The lowest BCUT2D eigenvalue weighted by Crippen LogP contribution is -2.06. The second-order valence-corrected chi connectivity index (χ2v) is 3.65. The van der Waals surface area contributed by atoms with Gasteiger partial charge in [-0.3, -0.25) is 0 Å². The first kappa shape index (κ1) is 12.8. The Labute approximate surface area is 109 Å². The number of carbonyl (C=O) groups excluding carboxylic acids is 2. The second-order valence-electron chi connectivity index (χ2n) is 3.65. The zero-order valence-electron chi connectivity index (χ0n) is 10.4. The van der Waals surface area contributed by atoms with Crippen molar-refractivity contribution in [2.45, 2.75) is 0 Å². The van der Waals surface area contributed by atoms with Crippen LogP contribution in [0.4, 0.5) is 0 Å². The van der Waals surface area contributed by atoms with Crippen molar-refractivity contribution in [2.75, 3.05) is 14.2 Å². The average Bonchev–Trinajstić information content (AvgIpc) is 2.99. The molecule has 1 aromatic heterocycles. The summed E-state index contributed by atoms with van der Waals surface area (Å²) in [4.78, 5) is 26.9. The number of esters is 2. The third-order valence-electron chi connectivity index (χ3n) is 2.49. The highest BCUT2D eigenvalue weighted by atomic mass is 16.5. The number of nitrogens with zero attached hydrogens (tertiary/aromatic N) is 1. The van der Waals surface area contributed by atoms with Gasteiger partial charge in [-0.25, -0.2) is 14.6 Å². The molecule has 1 aromatic carbocycles. The van der Waals surface area contributed by atoms with Crippen LogP contribution in [-0.2, 0) is 9.47 Å². The maximum atomic E-state index is 11.6. The first-order valence-electron chi connectivity index (χ1n) is 5.36. The number of methoxy groups -OCH3 is 2. The molecule has 0 aliphatic rings. The fourth-order valence-corrected chi connectivity index (χ4v) is 1.60. The lowest BCUT2D eigenvalue weighted by atomic mass is 10.0. The standard InChI is InChI=1S/C13H11NO5/c1-17-12(15)9-3-8(11-6-14-7-19-11)4-10(5-9)13(16)18-2/h3-7H,1-2H3. The monoisotopic (exact) mass is 261 g/mol. The van der Waals surface area contributed by atoms with E-state index >= 15 is 0 Å². The van der Waals surface area contributed by atoms with Crippen molar-refractivity contribution in [3.63, 3.8) is 0 Å². The van der Waals surface area contributed by atoms with E-state index in [9.17, 15) is 9.59 Å². The van der Waals surface area contributed by atoms with E-state index in [2.05, 4.69) is 14.5 Å². The Hall–Kier alpha value is -2.63. The molecule has 0 spiro atoms. The van der Waals surface area contributed by atoms with Crippen LogP contribution < -0.4 is 0 Å². The van der Waals surface area contributed by atoms with Gasteiger partial charge in [-0.2, -0.15) is 0 Å². The topological polar surface area (TPSA) is 78.6 Å². The fraction of sp³-hybridized carbons (Fsp3) is 0.154. The van der Waals surface area contributed by atoms with Gasteiger partial charge in [0.2, 0.25) is 0 Å². The van der Waals surface area contributed by atoms with E-state index < -0.39 is 11.9 Å². The normalized spacial score (nSPS) is 10.0. The van der Waals surface area contributed by atoms with Gasteiger partial charge in [0.15, 0.2) is 12.2 Å². The van der Waals surface area contributed by atoms with Crippen LogP contribution in [0.3, 0.4) is 0 Å². The van der Waals surface area contributed by atoms with E-state index in [1.807, 2.05) is 0 Å². The van der Waals surface area contributed by atoms with Crippen LogP contribution in [0.1, 0.15) is 20.7 Å². The number of ether oxygens (including phenoxy) is 2. The lowest BCUT2D eigenvalue weighted by Gasteiger charge is -2.06. The molecule has 0 radical (unpaired) electrons. The van der Waals surface area contributed by atoms with E-state index in [0.29, 0.717) is 11.3 Å². The Balaban J connectivity index is 2.55. The summed E-state index contributed by atoms with van der Waals surface area (Å²) in [5.41, 5.74) is 1.01. The van der Waals surface area contributed by atoms with Crippen molar-refractivity contribution in [1.82, 2.24) is 4.98 Å². The molecule has 0 aliphatic carbocycles. The number of aromatic nitrogens is 1. The highest BCUT2D eigenvalue weighted by molar-refractivity contribution is 5.97. The summed E-state index contributed by atoms with van der Waals surface area (Å²) in [5, 5.41) is 0. The molecule has 0 bridgehead atoms. The molecule has 0 aliphatic heterocycles. The van der Waals surface area contributed by atoms with Crippen molar-refractivity contribution in [3.8, 4) is 11.3 Å². The molecule has 2 aromatic rings. The summed E-state index contributed by atoms with van der Waals surface area (Å²) < 4.78 is 14.4. The summed E-state index contributed by atoms with van der Waals surface area (Å²) in [6, 6.07) is 4.51. The summed E-state index contributed by atoms with van der Waals surface area (Å²) >= 11 is 0. The maximum absolute atomic E-state index is 11.6. The van der Waals surface area contributed by atoms with Gasteiger partial charge >= 0.3 is 11.9 Å². The minimum absolute atomic E-state index is 0.233. The van der Waals surface area contributed by atoms with E-state index in [-0.39, 0.29) is 11.1 Å². The van der Waals surface area contributed by atoms with Crippen molar-refractivity contribution in [2.24, 2.45) is 0 Å². The molecular weight excluding hydrogens is 250 g/mol. The largest absolute Gasteiger partial charge is 0.465 e. The molecule has 0 fully saturated rings. The van der Waals surface area contributed by atoms with Crippen LogP contribution in [0, 0.1) is 0 Å². The molecule has 98 valence electrons. The fourth-order valence-electron chi connectivity index (χ4n) is 1.60. The molecule has 0 unspecified atom stereocenters. The molecule has 2 rings (SSSR count). The van der Waals surface area contributed by atoms with Crippen LogP contribution in [0.2, 0.25) is 0 Å². The van der Waals surface area contributed by atoms with E-state index in [1.54, 1.807) is 12.1 Å². The number of carbonyl (C=O) groups is 2. The average molecular weight is 261 g/mol. The summed E-state index contributed by atoms with van der Waals surface area (Å²) in [5.74, 6) is -0.658. The molecule has 1 heterocycles. The summed E-state index contributed by atoms with van der Waals surface area (Å²) in [6.45, 7) is 0. The lowest BCUT2D eigenvalue weighted by molar-refractivity contribution is 0.0599. The van der Waals surface area contributed by atoms with Gasteiger partial charge in [0, 0.05) is 5.56 Å². The smallest absolute Gasteiger partial charge is 0.337 e. The maximum Gasteiger partial charge on any atom is 0.337 e. The molecule has 0 saturated heterocycles. The Morgan fingerprint density at radius 3 is 2.05 bits per heavy atom. The molecular formula is C13H11NO5. The highest BCUT2D eigenvalue weighted by Crippen LogP contribution is 2.23. The number of rotatable bonds is 3. The van der Waals surface area contributed by atoms with Crippen molar-refractivity contribution < 1.29 is 23.5 Å². The van der Waals surface area contributed by atoms with Gasteiger partial charge in [-0.15, -0.1) is 0 Å². The molecule has 0 amide bonds. The Morgan fingerprint density at radius 2 is 1.63 bits per heavy atom. The zero-order chi connectivity index (χ0) is 13.8. The number of oxazole rings is 1. The number of hydrogen-bond donors (Lipinski definition) is 0. The quantitative estimate of drug-likeness (QED) is 0.785. The van der Waals surface area contributed by atoms with Gasteiger partial charge in [-0.05, 0) is 18.2 Å². The first-order valence-corrected chi connectivity index (χ1v) is 5.36. The third kappa shape index (κ3) is 2.62. The minimum atomic E-state index is -0.550. The van der Waals surface area contributed by atoms with Gasteiger partial charge in [-0.1, -0.05) is 0 Å².